The molecule has 4 heterocycles. The number of rotatable bonds is 7. The van der Waals surface area contributed by atoms with Crippen molar-refractivity contribution in [2.45, 2.75) is 44.5 Å². The van der Waals surface area contributed by atoms with Crippen LogP contribution in [0.25, 0.3) is 0 Å². The molecular weight excluding hydrogens is 497 g/mol. The van der Waals surface area contributed by atoms with Crippen molar-refractivity contribution in [1.29, 1.82) is 0 Å². The highest BCUT2D eigenvalue weighted by Gasteiger charge is 2.35. The van der Waals surface area contributed by atoms with Crippen molar-refractivity contribution in [3.8, 4) is 5.88 Å². The predicted molar refractivity (Wildman–Crippen MR) is 138 cm³/mol. The molecule has 0 aliphatic carbocycles. The van der Waals surface area contributed by atoms with Gasteiger partial charge in [0.15, 0.2) is 5.82 Å². The predicted octanol–water partition coefficient (Wildman–Crippen LogP) is 2.39. The standard InChI is InChI=1S/C24H34FN9O4/c1-4-37-21-14-27-20(13-28-21)30-23(35)33(3)18-15-34(12-8-17(18)25)22-26-9-5-19(29-22)31-24(36)38-16-6-10-32(2)11-7-16/h5,9,13-14,16-18H,4,6-8,10-12,15H2,1-3H3,(H,27,30,35)(H,26,29,31,36). The van der Waals surface area contributed by atoms with Crippen molar-refractivity contribution in [3.63, 3.8) is 0 Å². The summed E-state index contributed by atoms with van der Waals surface area (Å²) in [5.74, 6) is 1.18. The summed E-state index contributed by atoms with van der Waals surface area (Å²) in [7, 11) is 3.56. The molecule has 2 aliphatic heterocycles. The minimum Gasteiger partial charge on any atom is -0.477 e. The summed E-state index contributed by atoms with van der Waals surface area (Å²) in [6.07, 6.45) is 4.11. The summed E-state index contributed by atoms with van der Waals surface area (Å²) < 4.78 is 25.7. The smallest absolute Gasteiger partial charge is 0.413 e. The van der Waals surface area contributed by atoms with Crippen LogP contribution in [0.1, 0.15) is 26.2 Å². The first-order valence-electron chi connectivity index (χ1n) is 12.7. The van der Waals surface area contributed by atoms with Crippen LogP contribution in [0.4, 0.5) is 31.6 Å². The van der Waals surface area contributed by atoms with E-state index in [4.69, 9.17) is 9.47 Å². The number of likely N-dealkylation sites (tertiary alicyclic amines) is 1. The van der Waals surface area contributed by atoms with E-state index >= 15 is 0 Å². The monoisotopic (exact) mass is 531 g/mol. The van der Waals surface area contributed by atoms with Crippen LogP contribution in [-0.4, -0.2) is 107 Å². The number of urea groups is 1. The highest BCUT2D eigenvalue weighted by atomic mass is 19.1. The van der Waals surface area contributed by atoms with Gasteiger partial charge in [-0.3, -0.25) is 10.6 Å². The largest absolute Gasteiger partial charge is 0.477 e. The zero-order valence-electron chi connectivity index (χ0n) is 21.8. The zero-order chi connectivity index (χ0) is 27.1. The van der Waals surface area contributed by atoms with E-state index in [-0.39, 0.29) is 30.7 Å². The lowest BCUT2D eigenvalue weighted by molar-refractivity contribution is 0.0661. The van der Waals surface area contributed by atoms with Gasteiger partial charge in [-0.25, -0.2) is 28.9 Å². The molecule has 0 spiro atoms. The quantitative estimate of drug-likeness (QED) is 0.548. The molecule has 4 rings (SSSR count). The molecule has 2 saturated heterocycles. The number of hydrogen-bond donors (Lipinski definition) is 2. The summed E-state index contributed by atoms with van der Waals surface area (Å²) >= 11 is 0. The third-order valence-electron chi connectivity index (χ3n) is 6.57. The first kappa shape index (κ1) is 27.2. The fraction of sp³-hybridized carbons (Fsp3) is 0.583. The van der Waals surface area contributed by atoms with E-state index in [0.717, 1.165) is 25.9 Å². The molecule has 0 aromatic carbocycles. The highest BCUT2D eigenvalue weighted by molar-refractivity contribution is 5.88. The van der Waals surface area contributed by atoms with E-state index < -0.39 is 24.3 Å². The minimum atomic E-state index is -1.24. The lowest BCUT2D eigenvalue weighted by Crippen LogP contribution is -2.55. The Balaban J connectivity index is 1.34. The number of anilines is 3. The first-order chi connectivity index (χ1) is 18.3. The molecule has 206 valence electrons. The van der Waals surface area contributed by atoms with E-state index in [1.54, 1.807) is 11.0 Å². The molecule has 0 saturated carbocycles. The molecule has 3 amide bonds. The van der Waals surface area contributed by atoms with Crippen molar-refractivity contribution in [2.24, 2.45) is 0 Å². The fourth-order valence-corrected chi connectivity index (χ4v) is 4.36. The minimum absolute atomic E-state index is 0.132. The summed E-state index contributed by atoms with van der Waals surface area (Å²) in [5, 5.41) is 5.28. The molecule has 14 heteroatoms. The van der Waals surface area contributed by atoms with Gasteiger partial charge in [0, 0.05) is 39.4 Å². The lowest BCUT2D eigenvalue weighted by atomic mass is 10.0. The van der Waals surface area contributed by atoms with Crippen LogP contribution in [-0.2, 0) is 4.74 Å². The van der Waals surface area contributed by atoms with Gasteiger partial charge >= 0.3 is 12.1 Å². The average Bonchev–Trinajstić information content (AvgIpc) is 2.91. The number of alkyl halides is 1. The number of piperidine rings is 2. The second kappa shape index (κ2) is 12.6. The number of carbonyl (C=O) groups is 2. The van der Waals surface area contributed by atoms with Crippen LogP contribution in [0.2, 0.25) is 0 Å². The Hall–Kier alpha value is -3.81. The lowest BCUT2D eigenvalue weighted by Gasteiger charge is -2.39. The molecule has 0 bridgehead atoms. The number of aromatic nitrogens is 4. The van der Waals surface area contributed by atoms with Crippen LogP contribution in [0.5, 0.6) is 5.88 Å². The maximum absolute atomic E-state index is 14.9. The highest BCUT2D eigenvalue weighted by Crippen LogP contribution is 2.23. The average molecular weight is 532 g/mol. The summed E-state index contributed by atoms with van der Waals surface area (Å²) in [4.78, 5) is 47.3. The van der Waals surface area contributed by atoms with Gasteiger partial charge in [0.1, 0.15) is 18.1 Å². The number of ether oxygens (including phenoxy) is 2. The molecule has 2 N–H and O–H groups in total. The third kappa shape index (κ3) is 7.15. The van der Waals surface area contributed by atoms with Gasteiger partial charge in [-0.1, -0.05) is 0 Å². The van der Waals surface area contributed by atoms with Gasteiger partial charge in [-0.05, 0) is 39.3 Å². The van der Waals surface area contributed by atoms with Crippen LogP contribution in [0, 0.1) is 0 Å². The molecule has 0 radical (unpaired) electrons. The molecule has 2 aromatic rings. The van der Waals surface area contributed by atoms with Gasteiger partial charge < -0.3 is 24.2 Å². The number of nitrogens with one attached hydrogen (secondary N) is 2. The maximum Gasteiger partial charge on any atom is 0.413 e. The van der Waals surface area contributed by atoms with E-state index in [1.165, 1.54) is 30.5 Å². The third-order valence-corrected chi connectivity index (χ3v) is 6.57. The van der Waals surface area contributed by atoms with Crippen LogP contribution >= 0.6 is 0 Å². The van der Waals surface area contributed by atoms with Crippen molar-refractivity contribution in [1.82, 2.24) is 29.7 Å². The SMILES string of the molecule is CCOc1cnc(NC(=O)N(C)C2CN(c3nccc(NC(=O)OC4CCN(C)CC4)n3)CCC2F)cn1. The Kier molecular flexibility index (Phi) is 9.05. The number of hydrogen-bond acceptors (Lipinski definition) is 10. The molecule has 38 heavy (non-hydrogen) atoms. The second-order valence-corrected chi connectivity index (χ2v) is 9.31. The van der Waals surface area contributed by atoms with E-state index in [1.807, 2.05) is 14.0 Å². The Morgan fingerprint density at radius 3 is 2.61 bits per heavy atom. The van der Waals surface area contributed by atoms with E-state index in [0.29, 0.717) is 25.0 Å². The maximum atomic E-state index is 14.9. The number of nitrogens with zero attached hydrogens (tertiary/aromatic N) is 7. The Bertz CT molecular complexity index is 1080. The molecule has 2 aliphatic rings. The Morgan fingerprint density at radius 1 is 1.11 bits per heavy atom. The van der Waals surface area contributed by atoms with Crippen molar-refractivity contribution in [2.75, 3.05) is 62.4 Å². The van der Waals surface area contributed by atoms with Gasteiger partial charge in [0.25, 0.3) is 0 Å². The van der Waals surface area contributed by atoms with Gasteiger partial charge in [0.2, 0.25) is 11.8 Å². The molecule has 13 nitrogen and oxygen atoms in total. The molecule has 2 unspecified atom stereocenters. The molecule has 2 fully saturated rings. The summed E-state index contributed by atoms with van der Waals surface area (Å²) in [6.45, 7) is 4.56. The van der Waals surface area contributed by atoms with Gasteiger partial charge in [0.05, 0.1) is 25.0 Å². The number of carbonyl (C=O) groups excluding carboxylic acids is 2. The summed E-state index contributed by atoms with van der Waals surface area (Å²) in [5.41, 5.74) is 0. The second-order valence-electron chi connectivity index (χ2n) is 9.31. The molecular formula is C24H34FN9O4. The van der Waals surface area contributed by atoms with Crippen LogP contribution in [0.15, 0.2) is 24.7 Å². The normalized spacial score (nSPS) is 20.5. The number of halogens is 1. The van der Waals surface area contributed by atoms with Crippen molar-refractivity contribution in [3.05, 3.63) is 24.7 Å². The van der Waals surface area contributed by atoms with Crippen LogP contribution < -0.4 is 20.3 Å². The number of amides is 3. The van der Waals surface area contributed by atoms with Gasteiger partial charge in [-0.2, -0.15) is 4.98 Å². The Labute approximate surface area is 220 Å². The van der Waals surface area contributed by atoms with E-state index in [2.05, 4.69) is 35.5 Å². The van der Waals surface area contributed by atoms with E-state index in [9.17, 15) is 14.0 Å². The topological polar surface area (TPSA) is 138 Å². The number of likely N-dealkylation sites (N-methyl/N-ethyl adjacent to an activating group) is 1. The summed E-state index contributed by atoms with van der Waals surface area (Å²) in [6, 6.07) is 0.288. The first-order valence-corrected chi connectivity index (χ1v) is 12.7. The Morgan fingerprint density at radius 2 is 1.89 bits per heavy atom. The fourth-order valence-electron chi connectivity index (χ4n) is 4.36. The molecule has 2 atom stereocenters. The molecule has 2 aromatic heterocycles. The van der Waals surface area contributed by atoms with Gasteiger partial charge in [-0.15, -0.1) is 0 Å². The zero-order valence-corrected chi connectivity index (χ0v) is 21.8. The van der Waals surface area contributed by atoms with Crippen molar-refractivity contribution >= 4 is 29.7 Å². The van der Waals surface area contributed by atoms with Crippen molar-refractivity contribution < 1.29 is 23.5 Å². The van der Waals surface area contributed by atoms with Crippen LogP contribution in [0.3, 0.4) is 0 Å².